The summed E-state index contributed by atoms with van der Waals surface area (Å²) in [5, 5.41) is 14.2. The third-order valence-corrected chi connectivity index (χ3v) is 8.09. The Labute approximate surface area is 241 Å². The first-order chi connectivity index (χ1) is 20.1. The van der Waals surface area contributed by atoms with Crippen LogP contribution in [-0.4, -0.2) is 64.4 Å². The number of nitrogens with zero attached hydrogens (tertiary/aromatic N) is 2. The quantitative estimate of drug-likeness (QED) is 0.425. The van der Waals surface area contributed by atoms with E-state index in [4.69, 9.17) is 9.84 Å². The Hall–Kier alpha value is -4.74. The minimum atomic E-state index is -1.54. The van der Waals surface area contributed by atoms with Gasteiger partial charge in [0.1, 0.15) is 12.4 Å². The SMILES string of the molecule is CNC(=O)Nc1ccc2c(c1)CCC21OC(=O)N(CC(=O)N(Cc2ccc(F)cc2)C2CCC(=CC(=O)O)CC2)C1=O. The number of nitrogens with one attached hydrogen (secondary N) is 2. The van der Waals surface area contributed by atoms with E-state index in [0.717, 1.165) is 16.0 Å². The Morgan fingerprint density at radius 2 is 1.83 bits per heavy atom. The first-order valence-corrected chi connectivity index (χ1v) is 13.7. The summed E-state index contributed by atoms with van der Waals surface area (Å²) in [5.74, 6) is -2.53. The Morgan fingerprint density at radius 1 is 1.12 bits per heavy atom. The number of rotatable bonds is 7. The molecule has 0 aromatic heterocycles. The number of carboxylic acid groups (broad SMARTS) is 1. The topological polar surface area (TPSA) is 145 Å². The molecule has 3 aliphatic rings. The minimum absolute atomic E-state index is 0.133. The molecule has 1 spiro atoms. The monoisotopic (exact) mass is 578 g/mol. The summed E-state index contributed by atoms with van der Waals surface area (Å²) in [4.78, 5) is 65.7. The van der Waals surface area contributed by atoms with Crippen LogP contribution in [0.5, 0.6) is 0 Å². The number of halogens is 1. The van der Waals surface area contributed by atoms with Gasteiger partial charge in [-0.2, -0.15) is 0 Å². The maximum atomic E-state index is 13.7. The Bertz CT molecular complexity index is 1460. The Morgan fingerprint density at radius 3 is 2.50 bits per heavy atom. The number of imide groups is 1. The van der Waals surface area contributed by atoms with Crippen molar-refractivity contribution in [1.82, 2.24) is 15.1 Å². The van der Waals surface area contributed by atoms with Crippen molar-refractivity contribution in [2.45, 2.75) is 56.7 Å². The zero-order valence-electron chi connectivity index (χ0n) is 23.0. The highest BCUT2D eigenvalue weighted by atomic mass is 19.1. The molecule has 5 rings (SSSR count). The molecule has 1 saturated carbocycles. The van der Waals surface area contributed by atoms with Crippen LogP contribution in [-0.2, 0) is 37.7 Å². The van der Waals surface area contributed by atoms with Gasteiger partial charge in [0.15, 0.2) is 0 Å². The predicted molar refractivity (Wildman–Crippen MR) is 148 cm³/mol. The van der Waals surface area contributed by atoms with Crippen molar-refractivity contribution in [3.05, 3.63) is 76.6 Å². The van der Waals surface area contributed by atoms with Gasteiger partial charge < -0.3 is 25.4 Å². The van der Waals surface area contributed by atoms with Crippen LogP contribution in [0.4, 0.5) is 19.7 Å². The third-order valence-electron chi connectivity index (χ3n) is 8.09. The van der Waals surface area contributed by atoms with Gasteiger partial charge in [0.2, 0.25) is 11.5 Å². The highest BCUT2D eigenvalue weighted by Gasteiger charge is 2.58. The van der Waals surface area contributed by atoms with E-state index in [1.807, 2.05) is 0 Å². The third kappa shape index (κ3) is 5.69. The van der Waals surface area contributed by atoms with Crippen LogP contribution < -0.4 is 10.6 Å². The van der Waals surface area contributed by atoms with Crippen LogP contribution in [0, 0.1) is 5.82 Å². The highest BCUT2D eigenvalue weighted by Crippen LogP contribution is 2.46. The minimum Gasteiger partial charge on any atom is -0.478 e. The number of benzene rings is 2. The van der Waals surface area contributed by atoms with E-state index >= 15 is 0 Å². The van der Waals surface area contributed by atoms with Gasteiger partial charge in [-0.3, -0.25) is 9.59 Å². The molecule has 3 N–H and O–H groups in total. The lowest BCUT2D eigenvalue weighted by Gasteiger charge is -2.36. The lowest BCUT2D eigenvalue weighted by atomic mass is 9.89. The number of aliphatic carboxylic acids is 1. The van der Waals surface area contributed by atoms with Crippen molar-refractivity contribution >= 4 is 35.6 Å². The molecule has 220 valence electrons. The fourth-order valence-electron chi connectivity index (χ4n) is 5.96. The molecule has 11 nitrogen and oxygen atoms in total. The second-order valence-electron chi connectivity index (χ2n) is 10.7. The molecule has 12 heteroatoms. The van der Waals surface area contributed by atoms with Crippen LogP contribution in [0.25, 0.3) is 0 Å². The van der Waals surface area contributed by atoms with Crippen LogP contribution >= 0.6 is 0 Å². The van der Waals surface area contributed by atoms with Gasteiger partial charge in [-0.05, 0) is 67.5 Å². The van der Waals surface area contributed by atoms with Crippen molar-refractivity contribution in [3.8, 4) is 0 Å². The number of amides is 5. The zero-order chi connectivity index (χ0) is 30.0. The number of ether oxygens (including phenoxy) is 1. The van der Waals surface area contributed by atoms with E-state index in [0.29, 0.717) is 48.9 Å². The molecule has 1 saturated heterocycles. The van der Waals surface area contributed by atoms with Gasteiger partial charge in [0.25, 0.3) is 5.91 Å². The van der Waals surface area contributed by atoms with E-state index in [2.05, 4.69) is 10.6 Å². The standard InChI is InChI=1S/C30H31FN4O7/c1-32-28(40)33-22-8-11-24-20(15-22)12-13-30(24)27(39)35(29(41)42-30)17-25(36)34(16-19-2-6-21(31)7-3-19)23-9-4-18(5-10-23)14-26(37)38/h2-3,6-8,11,14-15,23H,4-5,9-10,12-13,16-17H2,1H3,(H,37,38)(H2,32,33,40). The first kappa shape index (κ1) is 28.8. The number of carbonyl (C=O) groups excluding carboxylic acids is 4. The van der Waals surface area contributed by atoms with Crippen LogP contribution in [0.1, 0.15) is 48.8 Å². The van der Waals surface area contributed by atoms with Crippen molar-refractivity contribution in [1.29, 1.82) is 0 Å². The molecule has 5 amide bonds. The molecule has 42 heavy (non-hydrogen) atoms. The molecule has 0 radical (unpaired) electrons. The van der Waals surface area contributed by atoms with E-state index < -0.39 is 47.9 Å². The number of anilines is 1. The number of carbonyl (C=O) groups is 5. The number of hydrogen-bond acceptors (Lipinski definition) is 6. The highest BCUT2D eigenvalue weighted by molar-refractivity contribution is 6.06. The molecule has 1 aliphatic heterocycles. The van der Waals surface area contributed by atoms with E-state index in [1.165, 1.54) is 25.3 Å². The number of urea groups is 1. The molecule has 1 unspecified atom stereocenters. The van der Waals surface area contributed by atoms with Gasteiger partial charge in [-0.15, -0.1) is 0 Å². The molecule has 0 bridgehead atoms. The second-order valence-corrected chi connectivity index (χ2v) is 10.7. The Balaban J connectivity index is 1.35. The van der Waals surface area contributed by atoms with E-state index in [-0.39, 0.29) is 19.0 Å². The first-order valence-electron chi connectivity index (χ1n) is 13.7. The number of fused-ring (bicyclic) bond motifs is 2. The lowest BCUT2D eigenvalue weighted by molar-refractivity contribution is -0.143. The van der Waals surface area contributed by atoms with E-state index in [1.54, 1.807) is 35.2 Å². The molecule has 1 heterocycles. The molecule has 2 aromatic carbocycles. The summed E-state index contributed by atoms with van der Waals surface area (Å²) in [6, 6.07) is 10.1. The molecule has 1 atom stereocenters. The van der Waals surface area contributed by atoms with E-state index in [9.17, 15) is 28.4 Å². The lowest BCUT2D eigenvalue weighted by Crippen LogP contribution is -2.48. The molecule has 2 fully saturated rings. The number of carboxylic acids is 1. The van der Waals surface area contributed by atoms with Gasteiger partial charge in [-0.25, -0.2) is 23.7 Å². The average Bonchev–Trinajstić information content (AvgIpc) is 3.44. The largest absolute Gasteiger partial charge is 0.478 e. The van der Waals surface area contributed by atoms with Gasteiger partial charge in [0, 0.05) is 43.4 Å². The molecular weight excluding hydrogens is 547 g/mol. The van der Waals surface area contributed by atoms with Crippen molar-refractivity contribution in [2.24, 2.45) is 0 Å². The van der Waals surface area contributed by atoms with Gasteiger partial charge >= 0.3 is 18.1 Å². The summed E-state index contributed by atoms with van der Waals surface area (Å²) in [6.45, 7) is -0.394. The maximum Gasteiger partial charge on any atom is 0.418 e. The van der Waals surface area contributed by atoms with Crippen molar-refractivity contribution < 1.29 is 38.2 Å². The number of allylic oxidation sites excluding steroid dienone is 1. The van der Waals surface area contributed by atoms with Crippen LogP contribution in [0.3, 0.4) is 0 Å². The fraction of sp³-hybridized carbons (Fsp3) is 0.367. The second kappa shape index (κ2) is 11.6. The summed E-state index contributed by atoms with van der Waals surface area (Å²) in [7, 11) is 1.49. The smallest absolute Gasteiger partial charge is 0.418 e. The average molecular weight is 579 g/mol. The number of aryl methyl sites for hydroxylation is 1. The van der Waals surface area contributed by atoms with Crippen LogP contribution in [0.2, 0.25) is 0 Å². The normalized spacial score (nSPS) is 21.1. The summed E-state index contributed by atoms with van der Waals surface area (Å²) in [6.07, 6.45) is 2.93. The molecule has 2 aromatic rings. The number of hydrogen-bond donors (Lipinski definition) is 3. The summed E-state index contributed by atoms with van der Waals surface area (Å²) >= 11 is 0. The van der Waals surface area contributed by atoms with Crippen molar-refractivity contribution in [3.63, 3.8) is 0 Å². The molecular formula is C30H31FN4O7. The zero-order valence-corrected chi connectivity index (χ0v) is 23.0. The van der Waals surface area contributed by atoms with Gasteiger partial charge in [0.05, 0.1) is 0 Å². The van der Waals surface area contributed by atoms with Crippen molar-refractivity contribution in [2.75, 3.05) is 18.9 Å². The maximum absolute atomic E-state index is 13.7. The van der Waals surface area contributed by atoms with Gasteiger partial charge in [-0.1, -0.05) is 23.8 Å². The molecule has 2 aliphatic carbocycles. The fourth-order valence-corrected chi connectivity index (χ4v) is 5.96. The summed E-state index contributed by atoms with van der Waals surface area (Å²) < 4.78 is 19.2. The summed E-state index contributed by atoms with van der Waals surface area (Å²) in [5.41, 5.74) is 1.71. The van der Waals surface area contributed by atoms with Crippen LogP contribution in [0.15, 0.2) is 54.1 Å². The predicted octanol–water partition coefficient (Wildman–Crippen LogP) is 3.68. The Kier molecular flexibility index (Phi) is 7.97.